The summed E-state index contributed by atoms with van der Waals surface area (Å²) in [6.07, 6.45) is 0.860. The van der Waals surface area contributed by atoms with Crippen LogP contribution in [-0.2, 0) is 0 Å². The van der Waals surface area contributed by atoms with Crippen LogP contribution in [0.25, 0.3) is 0 Å². The first-order chi connectivity index (χ1) is 10.1. The summed E-state index contributed by atoms with van der Waals surface area (Å²) < 4.78 is 0. The zero-order valence-electron chi connectivity index (χ0n) is 12.0. The Kier molecular flexibility index (Phi) is 5.44. The van der Waals surface area contributed by atoms with E-state index >= 15 is 0 Å². The minimum atomic E-state index is -0.427. The highest BCUT2D eigenvalue weighted by Crippen LogP contribution is 2.26. The van der Waals surface area contributed by atoms with E-state index in [0.717, 1.165) is 31.0 Å². The zero-order valence-corrected chi connectivity index (χ0v) is 12.8. The Bertz CT molecular complexity index is 530. The van der Waals surface area contributed by atoms with Crippen LogP contribution in [0.2, 0.25) is 0 Å². The van der Waals surface area contributed by atoms with E-state index in [1.807, 2.05) is 18.7 Å². The fourth-order valence-corrected chi connectivity index (χ4v) is 3.08. The fraction of sp³-hybridized carbons (Fsp3) is 0.500. The molecule has 21 heavy (non-hydrogen) atoms. The van der Waals surface area contributed by atoms with E-state index in [-0.39, 0.29) is 11.6 Å². The smallest absolute Gasteiger partial charge is 0.292 e. The monoisotopic (exact) mass is 309 g/mol. The molecule has 114 valence electrons. The molecule has 1 N–H and O–H groups in total. The second-order valence-electron chi connectivity index (χ2n) is 4.82. The van der Waals surface area contributed by atoms with Gasteiger partial charge in [-0.2, -0.15) is 11.8 Å². The number of nitrogens with zero attached hydrogens (tertiary/aromatic N) is 2. The topological polar surface area (TPSA) is 75.5 Å². The third-order valence-corrected chi connectivity index (χ3v) is 4.25. The molecule has 1 aliphatic rings. The summed E-state index contributed by atoms with van der Waals surface area (Å²) in [5.41, 5.74) is 0.930. The Morgan fingerprint density at radius 3 is 2.76 bits per heavy atom. The molecule has 0 radical (unpaired) electrons. The van der Waals surface area contributed by atoms with Gasteiger partial charge in [-0.1, -0.05) is 6.92 Å². The third kappa shape index (κ3) is 3.87. The maximum Gasteiger partial charge on any atom is 0.292 e. The van der Waals surface area contributed by atoms with Gasteiger partial charge in [0, 0.05) is 42.8 Å². The van der Waals surface area contributed by atoms with Crippen molar-refractivity contribution in [1.29, 1.82) is 0 Å². The molecule has 1 heterocycles. The van der Waals surface area contributed by atoms with E-state index in [9.17, 15) is 14.9 Å². The minimum Gasteiger partial charge on any atom is -0.379 e. The van der Waals surface area contributed by atoms with Gasteiger partial charge >= 0.3 is 0 Å². The number of rotatable bonds is 5. The Labute approximate surface area is 128 Å². The van der Waals surface area contributed by atoms with Gasteiger partial charge in [-0.3, -0.25) is 14.9 Å². The average molecular weight is 309 g/mol. The summed E-state index contributed by atoms with van der Waals surface area (Å²) in [5.74, 6) is 1.84. The molecule has 1 saturated heterocycles. The van der Waals surface area contributed by atoms with Crippen LogP contribution < -0.4 is 5.32 Å². The lowest BCUT2D eigenvalue weighted by Crippen LogP contribution is -2.37. The normalized spacial score (nSPS) is 14.8. The van der Waals surface area contributed by atoms with Crippen molar-refractivity contribution >= 4 is 29.0 Å². The van der Waals surface area contributed by atoms with Gasteiger partial charge in [0.05, 0.1) is 4.92 Å². The first-order valence-corrected chi connectivity index (χ1v) is 8.18. The highest BCUT2D eigenvalue weighted by Gasteiger charge is 2.21. The van der Waals surface area contributed by atoms with Crippen LogP contribution in [0.4, 0.5) is 11.4 Å². The number of thioether (sulfide) groups is 1. The number of carbonyl (C=O) groups excluding carboxylic acids is 1. The highest BCUT2D eigenvalue weighted by molar-refractivity contribution is 7.99. The van der Waals surface area contributed by atoms with Gasteiger partial charge in [-0.05, 0) is 18.6 Å². The van der Waals surface area contributed by atoms with Crippen LogP contribution in [0.15, 0.2) is 18.2 Å². The third-order valence-electron chi connectivity index (χ3n) is 3.30. The molecule has 1 fully saturated rings. The van der Waals surface area contributed by atoms with Gasteiger partial charge in [0.25, 0.3) is 11.6 Å². The van der Waals surface area contributed by atoms with E-state index in [1.165, 1.54) is 6.07 Å². The zero-order chi connectivity index (χ0) is 15.2. The summed E-state index contributed by atoms with van der Waals surface area (Å²) in [6.45, 7) is 4.09. The Hall–Kier alpha value is -1.76. The lowest BCUT2D eigenvalue weighted by molar-refractivity contribution is -0.384. The molecular formula is C14H19N3O3S. The van der Waals surface area contributed by atoms with Gasteiger partial charge in [0.1, 0.15) is 5.69 Å². The van der Waals surface area contributed by atoms with Gasteiger partial charge in [-0.15, -0.1) is 0 Å². The Balaban J connectivity index is 2.23. The molecule has 2 rings (SSSR count). The number of hydrogen-bond acceptors (Lipinski definition) is 5. The number of nitro benzene ring substituents is 1. The van der Waals surface area contributed by atoms with Crippen molar-refractivity contribution in [2.75, 3.05) is 36.5 Å². The number of nitro groups is 1. The SMILES string of the molecule is CCCNc1cc(C(=O)N2CCSCC2)ccc1[N+](=O)[O-]. The van der Waals surface area contributed by atoms with Crippen molar-refractivity contribution in [3.8, 4) is 0 Å². The van der Waals surface area contributed by atoms with E-state index in [0.29, 0.717) is 17.8 Å². The first-order valence-electron chi connectivity index (χ1n) is 7.02. The van der Waals surface area contributed by atoms with Crippen molar-refractivity contribution < 1.29 is 9.72 Å². The Morgan fingerprint density at radius 2 is 2.14 bits per heavy atom. The Morgan fingerprint density at radius 1 is 1.43 bits per heavy atom. The molecule has 1 aromatic rings. The first kappa shape index (κ1) is 15.6. The van der Waals surface area contributed by atoms with Gasteiger partial charge in [0.15, 0.2) is 0 Å². The molecule has 0 aliphatic carbocycles. The lowest BCUT2D eigenvalue weighted by Gasteiger charge is -2.26. The number of amides is 1. The predicted octanol–water partition coefficient (Wildman–Crippen LogP) is 2.61. The number of benzene rings is 1. The van der Waals surface area contributed by atoms with E-state index in [1.54, 1.807) is 17.0 Å². The molecule has 0 spiro atoms. The van der Waals surface area contributed by atoms with Crippen molar-refractivity contribution in [1.82, 2.24) is 4.90 Å². The van der Waals surface area contributed by atoms with E-state index < -0.39 is 4.92 Å². The van der Waals surface area contributed by atoms with Crippen LogP contribution in [0.5, 0.6) is 0 Å². The van der Waals surface area contributed by atoms with Crippen molar-refractivity contribution in [3.63, 3.8) is 0 Å². The van der Waals surface area contributed by atoms with Crippen LogP contribution in [0.1, 0.15) is 23.7 Å². The average Bonchev–Trinajstić information content (AvgIpc) is 2.52. The predicted molar refractivity (Wildman–Crippen MR) is 85.1 cm³/mol. The van der Waals surface area contributed by atoms with E-state index in [4.69, 9.17) is 0 Å². The summed E-state index contributed by atoms with van der Waals surface area (Å²) in [6, 6.07) is 4.54. The molecule has 0 aromatic heterocycles. The molecule has 0 unspecified atom stereocenters. The minimum absolute atomic E-state index is 0.00852. The van der Waals surface area contributed by atoms with Gasteiger partial charge in [-0.25, -0.2) is 0 Å². The molecule has 1 aromatic carbocycles. The lowest BCUT2D eigenvalue weighted by atomic mass is 10.1. The molecular weight excluding hydrogens is 290 g/mol. The summed E-state index contributed by atoms with van der Waals surface area (Å²) in [4.78, 5) is 24.8. The number of hydrogen-bond donors (Lipinski definition) is 1. The number of nitrogens with one attached hydrogen (secondary N) is 1. The van der Waals surface area contributed by atoms with Gasteiger partial charge < -0.3 is 10.2 Å². The van der Waals surface area contributed by atoms with Crippen molar-refractivity contribution in [3.05, 3.63) is 33.9 Å². The van der Waals surface area contributed by atoms with Crippen LogP contribution in [-0.4, -0.2) is 46.9 Å². The van der Waals surface area contributed by atoms with Gasteiger partial charge in [0.2, 0.25) is 0 Å². The highest BCUT2D eigenvalue weighted by atomic mass is 32.2. The largest absolute Gasteiger partial charge is 0.379 e. The van der Waals surface area contributed by atoms with E-state index in [2.05, 4.69) is 5.32 Å². The molecule has 7 heteroatoms. The second kappa shape index (κ2) is 7.31. The summed E-state index contributed by atoms with van der Waals surface area (Å²) in [5, 5.41) is 14.1. The number of carbonyl (C=O) groups is 1. The molecule has 0 bridgehead atoms. The fourth-order valence-electron chi connectivity index (χ4n) is 2.18. The van der Waals surface area contributed by atoms with Crippen LogP contribution in [0, 0.1) is 10.1 Å². The standard InChI is InChI=1S/C14H19N3O3S/c1-2-5-15-12-10-11(3-4-13(12)17(19)20)14(18)16-6-8-21-9-7-16/h3-4,10,15H,2,5-9H2,1H3. The quantitative estimate of drug-likeness (QED) is 0.668. The van der Waals surface area contributed by atoms with Crippen molar-refractivity contribution in [2.24, 2.45) is 0 Å². The van der Waals surface area contributed by atoms with Crippen LogP contribution in [0.3, 0.4) is 0 Å². The second-order valence-corrected chi connectivity index (χ2v) is 6.05. The maximum absolute atomic E-state index is 12.4. The summed E-state index contributed by atoms with van der Waals surface area (Å²) >= 11 is 1.84. The number of anilines is 1. The molecule has 6 nitrogen and oxygen atoms in total. The molecule has 0 saturated carbocycles. The molecule has 1 aliphatic heterocycles. The molecule has 0 atom stereocenters. The maximum atomic E-state index is 12.4. The van der Waals surface area contributed by atoms with Crippen LogP contribution >= 0.6 is 11.8 Å². The molecule has 1 amide bonds. The van der Waals surface area contributed by atoms with Crippen molar-refractivity contribution in [2.45, 2.75) is 13.3 Å². The summed E-state index contributed by atoms with van der Waals surface area (Å²) in [7, 11) is 0.